The van der Waals surface area contributed by atoms with Gasteiger partial charge in [0.15, 0.2) is 5.69 Å². The molecule has 4 aliphatic carbocycles. The smallest absolute Gasteiger partial charge is 0.390 e. The molecule has 5 rings (SSSR count). The molecule has 8 heteroatoms. The molecular weight excluding hydrogens is 359 g/mol. The lowest BCUT2D eigenvalue weighted by Crippen LogP contribution is -2.58. The van der Waals surface area contributed by atoms with Crippen LogP contribution in [-0.4, -0.2) is 32.4 Å². The second-order valence-electron chi connectivity index (χ2n) is 9.25. The van der Waals surface area contributed by atoms with E-state index in [0.29, 0.717) is 31.1 Å². The third kappa shape index (κ3) is 2.70. The van der Waals surface area contributed by atoms with Crippen molar-refractivity contribution in [2.75, 3.05) is 0 Å². The van der Waals surface area contributed by atoms with Gasteiger partial charge in [0.25, 0.3) is 5.91 Å². The van der Waals surface area contributed by atoms with Gasteiger partial charge in [-0.1, -0.05) is 6.92 Å². The van der Waals surface area contributed by atoms with Crippen LogP contribution in [0, 0.1) is 23.7 Å². The average Bonchev–Trinajstić information content (AvgIpc) is 3.24. The minimum atomic E-state index is -4.61. The molecule has 1 heterocycles. The molecule has 4 saturated carbocycles. The van der Waals surface area contributed by atoms with Gasteiger partial charge in [0, 0.05) is 6.04 Å². The van der Waals surface area contributed by atoms with Crippen molar-refractivity contribution in [3.63, 3.8) is 0 Å². The predicted molar refractivity (Wildman–Crippen MR) is 89.8 cm³/mol. The second kappa shape index (κ2) is 5.49. The quantitative estimate of drug-likeness (QED) is 0.843. The molecular formula is C19H24F3N3O2. The van der Waals surface area contributed by atoms with E-state index in [1.54, 1.807) is 0 Å². The van der Waals surface area contributed by atoms with E-state index in [9.17, 15) is 23.1 Å². The molecule has 1 aromatic rings. The summed E-state index contributed by atoms with van der Waals surface area (Å²) in [5.41, 5.74) is -1.98. The Morgan fingerprint density at radius 2 is 1.96 bits per heavy atom. The molecule has 0 spiro atoms. The van der Waals surface area contributed by atoms with E-state index in [0.717, 1.165) is 30.1 Å². The molecule has 2 bridgehead atoms. The number of amides is 1. The molecule has 0 aromatic carbocycles. The number of carbonyl (C=O) groups is 1. The van der Waals surface area contributed by atoms with Crippen LogP contribution in [0.1, 0.15) is 67.5 Å². The summed E-state index contributed by atoms with van der Waals surface area (Å²) in [5.74, 6) is 0.462. The van der Waals surface area contributed by atoms with Crippen molar-refractivity contribution in [3.8, 4) is 0 Å². The largest absolute Gasteiger partial charge is 0.433 e. The van der Waals surface area contributed by atoms with Gasteiger partial charge in [0.05, 0.1) is 23.4 Å². The van der Waals surface area contributed by atoms with E-state index in [2.05, 4.69) is 17.3 Å². The van der Waals surface area contributed by atoms with Crippen LogP contribution in [0.15, 0.2) is 6.20 Å². The number of carbonyl (C=O) groups excluding carboxylic acids is 1. The molecule has 5 nitrogen and oxygen atoms in total. The number of alkyl halides is 3. The average molecular weight is 383 g/mol. The number of nitrogens with one attached hydrogen (secondary N) is 1. The SMILES string of the molecule is CC1CC2C3C[C@@](O)(C1)CC3[C@H]2NC(=O)c1cnn(C2CC2)c1C(F)(F)F. The van der Waals surface area contributed by atoms with Gasteiger partial charge in [0.1, 0.15) is 0 Å². The second-order valence-corrected chi connectivity index (χ2v) is 9.25. The summed E-state index contributed by atoms with van der Waals surface area (Å²) in [6.07, 6.45) is 0.851. The van der Waals surface area contributed by atoms with E-state index in [1.807, 2.05) is 0 Å². The maximum absolute atomic E-state index is 13.6. The van der Waals surface area contributed by atoms with Crippen molar-refractivity contribution in [1.82, 2.24) is 15.1 Å². The Labute approximate surface area is 155 Å². The summed E-state index contributed by atoms with van der Waals surface area (Å²) in [6, 6.07) is -0.398. The third-order valence-electron chi connectivity index (χ3n) is 7.16. The lowest BCUT2D eigenvalue weighted by atomic mass is 9.59. The number of hydrogen-bond donors (Lipinski definition) is 2. The highest BCUT2D eigenvalue weighted by Crippen LogP contribution is 2.61. The third-order valence-corrected chi connectivity index (χ3v) is 7.16. The predicted octanol–water partition coefficient (Wildman–Crippen LogP) is 3.15. The van der Waals surface area contributed by atoms with Crippen LogP contribution >= 0.6 is 0 Å². The Bertz CT molecular complexity index is 788. The molecule has 0 aliphatic heterocycles. The lowest BCUT2D eigenvalue weighted by Gasteiger charge is -2.50. The summed E-state index contributed by atoms with van der Waals surface area (Å²) in [6.45, 7) is 2.10. The van der Waals surface area contributed by atoms with Crippen molar-refractivity contribution in [2.24, 2.45) is 23.7 Å². The molecule has 4 unspecified atom stereocenters. The van der Waals surface area contributed by atoms with Gasteiger partial charge in [-0.05, 0) is 62.2 Å². The topological polar surface area (TPSA) is 67.2 Å². The first kappa shape index (κ1) is 17.5. The van der Waals surface area contributed by atoms with Gasteiger partial charge < -0.3 is 10.4 Å². The van der Waals surface area contributed by atoms with Crippen molar-refractivity contribution in [1.29, 1.82) is 0 Å². The zero-order chi connectivity index (χ0) is 19.1. The Morgan fingerprint density at radius 3 is 2.63 bits per heavy atom. The molecule has 4 fully saturated rings. The number of fused-ring (bicyclic) bond motifs is 1. The summed E-state index contributed by atoms with van der Waals surface area (Å²) >= 11 is 0. The van der Waals surface area contributed by atoms with Crippen molar-refractivity contribution in [3.05, 3.63) is 17.5 Å². The Hall–Kier alpha value is -1.57. The molecule has 27 heavy (non-hydrogen) atoms. The van der Waals surface area contributed by atoms with Gasteiger partial charge in [0.2, 0.25) is 0 Å². The molecule has 6 atom stereocenters. The maximum Gasteiger partial charge on any atom is 0.433 e. The number of aromatic nitrogens is 2. The van der Waals surface area contributed by atoms with Crippen molar-refractivity contribution >= 4 is 5.91 Å². The van der Waals surface area contributed by atoms with Gasteiger partial charge in [-0.25, -0.2) is 0 Å². The van der Waals surface area contributed by atoms with Gasteiger partial charge in [-0.3, -0.25) is 9.48 Å². The van der Waals surface area contributed by atoms with Crippen LogP contribution in [0.5, 0.6) is 0 Å². The van der Waals surface area contributed by atoms with Crippen LogP contribution in [0.4, 0.5) is 13.2 Å². The number of hydrogen-bond acceptors (Lipinski definition) is 3. The van der Waals surface area contributed by atoms with E-state index in [1.165, 1.54) is 0 Å². The minimum absolute atomic E-state index is 0.148. The standard InChI is InChI=1S/C19H24F3N3O2/c1-9-4-11-12-6-18(27,5-9)7-13(12)15(11)24-17(26)14-8-23-25(10-2-3-10)16(14)19(20,21)22/h8-13,15,27H,2-7H2,1H3,(H,24,26)/t9?,11?,12?,13?,15-,18-/m0/s1. The molecule has 0 saturated heterocycles. The van der Waals surface area contributed by atoms with Crippen LogP contribution in [0.3, 0.4) is 0 Å². The van der Waals surface area contributed by atoms with Crippen molar-refractivity contribution < 1.29 is 23.1 Å². The van der Waals surface area contributed by atoms with Crippen LogP contribution in [-0.2, 0) is 6.18 Å². The number of halogens is 3. The van der Waals surface area contributed by atoms with Crippen LogP contribution in [0.2, 0.25) is 0 Å². The van der Waals surface area contributed by atoms with E-state index < -0.39 is 23.4 Å². The Balaban J connectivity index is 1.39. The van der Waals surface area contributed by atoms with E-state index in [4.69, 9.17) is 0 Å². The first-order valence-electron chi connectivity index (χ1n) is 9.84. The highest BCUT2D eigenvalue weighted by Gasteiger charge is 2.62. The van der Waals surface area contributed by atoms with Gasteiger partial charge >= 0.3 is 6.18 Å². The maximum atomic E-state index is 13.6. The van der Waals surface area contributed by atoms with Crippen molar-refractivity contribution in [2.45, 2.75) is 69.3 Å². The minimum Gasteiger partial charge on any atom is -0.390 e. The fourth-order valence-corrected chi connectivity index (χ4v) is 6.10. The molecule has 1 aromatic heterocycles. The highest BCUT2D eigenvalue weighted by atomic mass is 19.4. The summed E-state index contributed by atoms with van der Waals surface area (Å²) < 4.78 is 41.7. The van der Waals surface area contributed by atoms with Gasteiger partial charge in [-0.2, -0.15) is 18.3 Å². The monoisotopic (exact) mass is 383 g/mol. The van der Waals surface area contributed by atoms with Crippen LogP contribution in [0.25, 0.3) is 0 Å². The van der Waals surface area contributed by atoms with Crippen LogP contribution < -0.4 is 5.32 Å². The fourth-order valence-electron chi connectivity index (χ4n) is 6.10. The molecule has 1 amide bonds. The van der Waals surface area contributed by atoms with Gasteiger partial charge in [-0.15, -0.1) is 0 Å². The summed E-state index contributed by atoms with van der Waals surface area (Å²) in [7, 11) is 0. The number of nitrogens with zero attached hydrogens (tertiary/aromatic N) is 2. The van der Waals surface area contributed by atoms with E-state index in [-0.39, 0.29) is 29.5 Å². The molecule has 4 aliphatic rings. The summed E-state index contributed by atoms with van der Waals surface area (Å²) in [5, 5.41) is 17.5. The summed E-state index contributed by atoms with van der Waals surface area (Å²) in [4.78, 5) is 12.8. The first-order valence-corrected chi connectivity index (χ1v) is 9.84. The molecule has 148 valence electrons. The normalized spacial score (nSPS) is 40.4. The number of rotatable bonds is 3. The molecule has 2 N–H and O–H groups in total. The fraction of sp³-hybridized carbons (Fsp3) is 0.789. The number of aliphatic hydroxyl groups is 1. The van der Waals surface area contributed by atoms with E-state index >= 15 is 0 Å². The Morgan fingerprint density at radius 1 is 1.26 bits per heavy atom. The highest BCUT2D eigenvalue weighted by molar-refractivity contribution is 5.95. The molecule has 0 radical (unpaired) electrons. The zero-order valence-electron chi connectivity index (χ0n) is 15.2. The Kier molecular flexibility index (Phi) is 3.56. The lowest BCUT2D eigenvalue weighted by molar-refractivity contribution is -0.144. The first-order chi connectivity index (χ1) is 12.7. The zero-order valence-corrected chi connectivity index (χ0v) is 15.2.